The molecule has 2 aromatic rings. The van der Waals surface area contributed by atoms with Gasteiger partial charge >= 0.3 is 0 Å². The van der Waals surface area contributed by atoms with Gasteiger partial charge < -0.3 is 10.1 Å². The number of hydrogen-bond donors (Lipinski definition) is 2. The summed E-state index contributed by atoms with van der Waals surface area (Å²) in [4.78, 5) is 0.113. The highest BCUT2D eigenvalue weighted by Gasteiger charge is 2.26. The fourth-order valence-corrected chi connectivity index (χ4v) is 3.32. The van der Waals surface area contributed by atoms with E-state index in [1.165, 1.54) is 12.1 Å². The molecule has 0 aliphatic rings. The topological polar surface area (TPSA) is 81.4 Å². The first kappa shape index (κ1) is 18.4. The lowest BCUT2D eigenvalue weighted by atomic mass is 9.91. The molecule has 0 aromatic heterocycles. The number of sulfonamides is 1. The van der Waals surface area contributed by atoms with E-state index in [9.17, 15) is 8.42 Å². The Morgan fingerprint density at radius 2 is 1.67 bits per heavy atom. The van der Waals surface area contributed by atoms with Crippen molar-refractivity contribution in [1.82, 2.24) is 5.32 Å². The summed E-state index contributed by atoms with van der Waals surface area (Å²) in [5.74, 6) is 0.826. The molecule has 0 amide bonds. The van der Waals surface area contributed by atoms with E-state index in [2.05, 4.69) is 19.2 Å². The number of nitrogens with one attached hydrogen (secondary N) is 1. The zero-order valence-electron chi connectivity index (χ0n) is 14.4. The van der Waals surface area contributed by atoms with E-state index in [1.807, 2.05) is 31.2 Å². The van der Waals surface area contributed by atoms with E-state index in [-0.39, 0.29) is 16.5 Å². The minimum Gasteiger partial charge on any atom is -0.496 e. The van der Waals surface area contributed by atoms with E-state index in [1.54, 1.807) is 19.2 Å². The quantitative estimate of drug-likeness (QED) is 0.841. The Bertz CT molecular complexity index is 799. The van der Waals surface area contributed by atoms with Crippen LogP contribution in [0.25, 0.3) is 0 Å². The average molecular weight is 348 g/mol. The van der Waals surface area contributed by atoms with Crippen molar-refractivity contribution in [3.63, 3.8) is 0 Å². The van der Waals surface area contributed by atoms with Crippen LogP contribution in [0.5, 0.6) is 5.75 Å². The maximum Gasteiger partial charge on any atom is 0.238 e. The van der Waals surface area contributed by atoms with Crippen molar-refractivity contribution in [2.24, 2.45) is 5.14 Å². The Morgan fingerprint density at radius 1 is 1.08 bits per heavy atom. The third-order valence-electron chi connectivity index (χ3n) is 4.07. The number of primary sulfonamides is 1. The van der Waals surface area contributed by atoms with Gasteiger partial charge in [-0.2, -0.15) is 0 Å². The lowest BCUT2D eigenvalue weighted by Crippen LogP contribution is -2.38. The van der Waals surface area contributed by atoms with Gasteiger partial charge in [0.2, 0.25) is 10.0 Å². The van der Waals surface area contributed by atoms with Gasteiger partial charge in [-0.3, -0.25) is 0 Å². The van der Waals surface area contributed by atoms with Crippen molar-refractivity contribution in [3.8, 4) is 5.75 Å². The van der Waals surface area contributed by atoms with Crippen LogP contribution in [0.3, 0.4) is 0 Å². The molecular formula is C18H24N2O3S. The van der Waals surface area contributed by atoms with Gasteiger partial charge in [0, 0.05) is 17.1 Å². The summed E-state index contributed by atoms with van der Waals surface area (Å²) in [7, 11) is -2.01. The predicted molar refractivity (Wildman–Crippen MR) is 95.4 cm³/mol. The Kier molecular flexibility index (Phi) is 5.32. The second-order valence-electron chi connectivity index (χ2n) is 6.31. The van der Waals surface area contributed by atoms with Crippen molar-refractivity contribution in [2.45, 2.75) is 37.2 Å². The van der Waals surface area contributed by atoms with Crippen molar-refractivity contribution >= 4 is 10.0 Å². The molecular weight excluding hydrogens is 324 g/mol. The molecule has 5 nitrogen and oxygen atoms in total. The van der Waals surface area contributed by atoms with Gasteiger partial charge in [-0.05, 0) is 44.5 Å². The fraction of sp³-hybridized carbons (Fsp3) is 0.333. The lowest BCUT2D eigenvalue weighted by Gasteiger charge is -2.32. The summed E-state index contributed by atoms with van der Waals surface area (Å²) in [6.45, 7) is 6.20. The molecule has 0 heterocycles. The van der Waals surface area contributed by atoms with Crippen LogP contribution in [-0.4, -0.2) is 15.5 Å². The van der Waals surface area contributed by atoms with E-state index < -0.39 is 10.0 Å². The molecule has 0 aliphatic heterocycles. The van der Waals surface area contributed by atoms with Gasteiger partial charge in [0.05, 0.1) is 12.0 Å². The number of benzene rings is 2. The molecule has 6 heteroatoms. The smallest absolute Gasteiger partial charge is 0.238 e. The van der Waals surface area contributed by atoms with Gasteiger partial charge in [-0.1, -0.05) is 30.3 Å². The molecule has 0 unspecified atom stereocenters. The second kappa shape index (κ2) is 6.93. The minimum atomic E-state index is -3.67. The van der Waals surface area contributed by atoms with E-state index in [0.29, 0.717) is 0 Å². The zero-order chi connectivity index (χ0) is 18.0. The number of ether oxygens (including phenoxy) is 1. The Hall–Kier alpha value is -1.89. The zero-order valence-corrected chi connectivity index (χ0v) is 15.2. The predicted octanol–water partition coefficient (Wildman–Crippen LogP) is 2.93. The number of nitrogens with two attached hydrogens (primary N) is 1. The number of hydrogen-bond acceptors (Lipinski definition) is 4. The second-order valence-corrected chi connectivity index (χ2v) is 7.87. The summed E-state index contributed by atoms with van der Waals surface area (Å²) in [5.41, 5.74) is 1.70. The molecule has 0 saturated carbocycles. The molecule has 0 spiro atoms. The summed E-state index contributed by atoms with van der Waals surface area (Å²) in [6, 6.07) is 14.5. The van der Waals surface area contributed by atoms with Gasteiger partial charge in [-0.15, -0.1) is 0 Å². The monoisotopic (exact) mass is 348 g/mol. The van der Waals surface area contributed by atoms with Crippen LogP contribution in [0.2, 0.25) is 0 Å². The average Bonchev–Trinajstić information content (AvgIpc) is 2.53. The fourth-order valence-electron chi connectivity index (χ4n) is 2.81. The largest absolute Gasteiger partial charge is 0.496 e. The number of rotatable bonds is 6. The highest BCUT2D eigenvalue weighted by atomic mass is 32.2. The van der Waals surface area contributed by atoms with Crippen molar-refractivity contribution in [1.29, 1.82) is 0 Å². The van der Waals surface area contributed by atoms with Crippen molar-refractivity contribution in [2.75, 3.05) is 7.11 Å². The lowest BCUT2D eigenvalue weighted by molar-refractivity contribution is 0.333. The molecule has 2 aromatic carbocycles. The normalized spacial score (nSPS) is 13.5. The standard InChI is InChI=1S/C18H24N2O3S/c1-13(14-9-11-15(12-10-14)24(19,21)22)20-18(2,3)16-7-5-6-8-17(16)23-4/h5-13,20H,1-4H3,(H2,19,21,22)/t13-/m1/s1. The third kappa shape index (κ3) is 4.14. The Morgan fingerprint density at radius 3 is 2.21 bits per heavy atom. The van der Waals surface area contributed by atoms with Crippen LogP contribution < -0.4 is 15.2 Å². The van der Waals surface area contributed by atoms with Crippen LogP contribution in [-0.2, 0) is 15.6 Å². The highest BCUT2D eigenvalue weighted by molar-refractivity contribution is 7.89. The summed E-state index contributed by atoms with van der Waals surface area (Å²) in [6.07, 6.45) is 0. The molecule has 130 valence electrons. The summed E-state index contributed by atoms with van der Waals surface area (Å²) < 4.78 is 28.1. The first-order valence-electron chi connectivity index (χ1n) is 7.69. The van der Waals surface area contributed by atoms with E-state index >= 15 is 0 Å². The van der Waals surface area contributed by atoms with Gasteiger partial charge in [0.15, 0.2) is 0 Å². The molecule has 0 fully saturated rings. The number of methoxy groups -OCH3 is 1. The minimum absolute atomic E-state index is 0.0134. The van der Waals surface area contributed by atoms with Crippen LogP contribution >= 0.6 is 0 Å². The van der Waals surface area contributed by atoms with Crippen LogP contribution in [0.1, 0.15) is 37.9 Å². The summed E-state index contributed by atoms with van der Waals surface area (Å²) >= 11 is 0. The van der Waals surface area contributed by atoms with Gasteiger partial charge in [-0.25, -0.2) is 13.6 Å². The Balaban J connectivity index is 2.23. The maximum atomic E-state index is 11.3. The number of para-hydroxylation sites is 1. The van der Waals surface area contributed by atoms with E-state index in [0.717, 1.165) is 16.9 Å². The van der Waals surface area contributed by atoms with Crippen LogP contribution in [0.4, 0.5) is 0 Å². The van der Waals surface area contributed by atoms with Crippen molar-refractivity contribution in [3.05, 3.63) is 59.7 Å². The molecule has 0 saturated heterocycles. The summed E-state index contributed by atoms with van der Waals surface area (Å²) in [5, 5.41) is 8.70. The maximum absolute atomic E-state index is 11.3. The van der Waals surface area contributed by atoms with Gasteiger partial charge in [0.25, 0.3) is 0 Å². The van der Waals surface area contributed by atoms with Crippen LogP contribution in [0, 0.1) is 0 Å². The van der Waals surface area contributed by atoms with Crippen LogP contribution in [0.15, 0.2) is 53.4 Å². The molecule has 1 atom stereocenters. The molecule has 24 heavy (non-hydrogen) atoms. The van der Waals surface area contributed by atoms with Gasteiger partial charge in [0.1, 0.15) is 5.75 Å². The molecule has 0 bridgehead atoms. The molecule has 2 rings (SSSR count). The van der Waals surface area contributed by atoms with Crippen molar-refractivity contribution < 1.29 is 13.2 Å². The first-order valence-corrected chi connectivity index (χ1v) is 9.24. The first-order chi connectivity index (χ1) is 11.1. The SMILES string of the molecule is COc1ccccc1C(C)(C)N[C@H](C)c1ccc(S(N)(=O)=O)cc1. The highest BCUT2D eigenvalue weighted by Crippen LogP contribution is 2.31. The molecule has 0 radical (unpaired) electrons. The third-order valence-corrected chi connectivity index (χ3v) is 5.00. The molecule has 3 N–H and O–H groups in total. The van der Waals surface area contributed by atoms with E-state index in [4.69, 9.17) is 9.88 Å². The molecule has 0 aliphatic carbocycles. The Labute approximate surface area is 143 Å².